The lowest BCUT2D eigenvalue weighted by Gasteiger charge is -2.17. The summed E-state index contributed by atoms with van der Waals surface area (Å²) < 4.78 is 27.2. The predicted molar refractivity (Wildman–Crippen MR) is 94.1 cm³/mol. The Kier molecular flexibility index (Phi) is 4.69. The molecule has 0 radical (unpaired) electrons. The van der Waals surface area contributed by atoms with Crippen molar-refractivity contribution in [1.82, 2.24) is 4.72 Å². The molecule has 1 aliphatic rings. The number of aryl methyl sites for hydroxylation is 1. The van der Waals surface area contributed by atoms with Crippen molar-refractivity contribution in [3.8, 4) is 0 Å². The molecule has 1 N–H and O–H groups in total. The molecule has 1 unspecified atom stereocenters. The fourth-order valence-corrected chi connectivity index (χ4v) is 4.19. The molecule has 6 heteroatoms. The van der Waals surface area contributed by atoms with Crippen molar-refractivity contribution in [2.24, 2.45) is 0 Å². The summed E-state index contributed by atoms with van der Waals surface area (Å²) in [7, 11) is -3.56. The summed E-state index contributed by atoms with van der Waals surface area (Å²) in [4.78, 5) is 14.2. The molecule has 0 saturated carbocycles. The van der Waals surface area contributed by atoms with Gasteiger partial charge in [0.05, 0.1) is 5.75 Å². The minimum Gasteiger partial charge on any atom is -0.311 e. The second-order valence-electron chi connectivity index (χ2n) is 6.03. The molecule has 0 bridgehead atoms. The van der Waals surface area contributed by atoms with Crippen LogP contribution in [0.5, 0.6) is 0 Å². The number of anilines is 1. The Bertz CT molecular complexity index is 817. The van der Waals surface area contributed by atoms with Crippen molar-refractivity contribution >= 4 is 21.6 Å². The largest absolute Gasteiger partial charge is 0.311 e. The molecule has 1 atom stereocenters. The Hall–Kier alpha value is -2.18. The van der Waals surface area contributed by atoms with Crippen molar-refractivity contribution in [2.75, 3.05) is 11.4 Å². The van der Waals surface area contributed by atoms with Gasteiger partial charge < -0.3 is 4.90 Å². The molecular formula is C18H20N2O3S. The highest BCUT2D eigenvalue weighted by atomic mass is 32.2. The van der Waals surface area contributed by atoms with Crippen LogP contribution in [-0.4, -0.2) is 26.9 Å². The highest BCUT2D eigenvalue weighted by Gasteiger charge is 2.35. The Morgan fingerprint density at radius 2 is 1.75 bits per heavy atom. The van der Waals surface area contributed by atoms with Gasteiger partial charge in [0.1, 0.15) is 6.04 Å². The van der Waals surface area contributed by atoms with Crippen LogP contribution in [0.15, 0.2) is 54.6 Å². The number of rotatable bonds is 5. The van der Waals surface area contributed by atoms with E-state index in [1.54, 1.807) is 29.2 Å². The molecule has 3 rings (SSSR count). The minimum atomic E-state index is -3.56. The van der Waals surface area contributed by atoms with E-state index in [0.717, 1.165) is 11.3 Å². The molecule has 5 nitrogen and oxygen atoms in total. The lowest BCUT2D eigenvalue weighted by atomic mass is 10.2. The molecule has 2 aromatic rings. The molecule has 2 aromatic carbocycles. The molecule has 1 aliphatic heterocycles. The summed E-state index contributed by atoms with van der Waals surface area (Å²) in [6.45, 7) is 2.50. The number of sulfonamides is 1. The monoisotopic (exact) mass is 344 g/mol. The van der Waals surface area contributed by atoms with Gasteiger partial charge in [-0.25, -0.2) is 13.1 Å². The van der Waals surface area contributed by atoms with Crippen molar-refractivity contribution in [2.45, 2.75) is 25.1 Å². The number of hydrogen-bond acceptors (Lipinski definition) is 3. The lowest BCUT2D eigenvalue weighted by molar-refractivity contribution is -0.118. The van der Waals surface area contributed by atoms with Crippen molar-refractivity contribution in [3.63, 3.8) is 0 Å². The van der Waals surface area contributed by atoms with Gasteiger partial charge in [-0.2, -0.15) is 0 Å². The zero-order chi connectivity index (χ0) is 17.2. The summed E-state index contributed by atoms with van der Waals surface area (Å²) in [5.41, 5.74) is 2.62. The van der Waals surface area contributed by atoms with E-state index >= 15 is 0 Å². The van der Waals surface area contributed by atoms with Crippen LogP contribution in [0.3, 0.4) is 0 Å². The fourth-order valence-electron chi connectivity index (χ4n) is 2.82. The smallest absolute Gasteiger partial charge is 0.245 e. The standard InChI is InChI=1S/C18H20N2O3S/c1-14-7-9-16(10-8-14)20-12-11-17(18(20)21)19-24(22,23)13-15-5-3-2-4-6-15/h2-10,17,19H,11-13H2,1H3. The molecule has 0 aromatic heterocycles. The number of nitrogens with zero attached hydrogens (tertiary/aromatic N) is 1. The third-order valence-electron chi connectivity index (χ3n) is 4.07. The highest BCUT2D eigenvalue weighted by Crippen LogP contribution is 2.22. The number of carbonyl (C=O) groups excluding carboxylic acids is 1. The lowest BCUT2D eigenvalue weighted by Crippen LogP contribution is -2.41. The van der Waals surface area contributed by atoms with Gasteiger partial charge in [-0.3, -0.25) is 4.79 Å². The maximum Gasteiger partial charge on any atom is 0.245 e. The topological polar surface area (TPSA) is 66.5 Å². The van der Waals surface area contributed by atoms with Crippen molar-refractivity contribution in [1.29, 1.82) is 0 Å². The van der Waals surface area contributed by atoms with Crippen molar-refractivity contribution in [3.05, 3.63) is 65.7 Å². The van der Waals surface area contributed by atoms with Gasteiger partial charge in [-0.05, 0) is 31.0 Å². The highest BCUT2D eigenvalue weighted by molar-refractivity contribution is 7.88. The van der Waals surface area contributed by atoms with Crippen LogP contribution >= 0.6 is 0 Å². The van der Waals surface area contributed by atoms with Crippen LogP contribution in [-0.2, 0) is 20.6 Å². The van der Waals surface area contributed by atoms with Crippen LogP contribution in [0.2, 0.25) is 0 Å². The first kappa shape index (κ1) is 16.7. The molecule has 24 heavy (non-hydrogen) atoms. The van der Waals surface area contributed by atoms with Crippen LogP contribution in [0.4, 0.5) is 5.69 Å². The van der Waals surface area contributed by atoms with Gasteiger partial charge in [0.2, 0.25) is 15.9 Å². The summed E-state index contributed by atoms with van der Waals surface area (Å²) in [5.74, 6) is -0.321. The Balaban J connectivity index is 1.68. The maximum atomic E-state index is 12.5. The SMILES string of the molecule is Cc1ccc(N2CCC(NS(=O)(=O)Cc3ccccc3)C2=O)cc1. The number of carbonyl (C=O) groups is 1. The maximum absolute atomic E-state index is 12.5. The summed E-state index contributed by atoms with van der Waals surface area (Å²) in [6, 6.07) is 15.9. The first-order chi connectivity index (χ1) is 11.4. The zero-order valence-electron chi connectivity index (χ0n) is 13.5. The third kappa shape index (κ3) is 3.83. The fraction of sp³-hybridized carbons (Fsp3) is 0.278. The number of hydrogen-bond donors (Lipinski definition) is 1. The van der Waals surface area contributed by atoms with Gasteiger partial charge >= 0.3 is 0 Å². The molecule has 0 spiro atoms. The van der Waals surface area contributed by atoms with E-state index in [2.05, 4.69) is 4.72 Å². The summed E-state index contributed by atoms with van der Waals surface area (Å²) in [5, 5.41) is 0. The predicted octanol–water partition coefficient (Wildman–Crippen LogP) is 2.22. The van der Waals surface area contributed by atoms with Gasteiger partial charge in [0.25, 0.3) is 0 Å². The Morgan fingerprint density at radius 3 is 2.42 bits per heavy atom. The van der Waals surface area contributed by atoms with Crippen LogP contribution in [0.1, 0.15) is 17.5 Å². The molecule has 126 valence electrons. The first-order valence-corrected chi connectivity index (χ1v) is 9.52. The summed E-state index contributed by atoms with van der Waals surface area (Å²) in [6.07, 6.45) is 0.473. The Labute approximate surface area is 142 Å². The van der Waals surface area contributed by atoms with E-state index in [0.29, 0.717) is 18.5 Å². The van der Waals surface area contributed by atoms with E-state index < -0.39 is 16.1 Å². The van der Waals surface area contributed by atoms with E-state index in [4.69, 9.17) is 0 Å². The van der Waals surface area contributed by atoms with Gasteiger partial charge in [-0.15, -0.1) is 0 Å². The first-order valence-electron chi connectivity index (χ1n) is 7.86. The average Bonchev–Trinajstić information content (AvgIpc) is 2.89. The van der Waals surface area contributed by atoms with Crippen LogP contribution in [0, 0.1) is 6.92 Å². The van der Waals surface area contributed by atoms with Crippen molar-refractivity contribution < 1.29 is 13.2 Å². The molecule has 0 aliphatic carbocycles. The quantitative estimate of drug-likeness (QED) is 0.904. The van der Waals surface area contributed by atoms with E-state index in [1.165, 1.54) is 0 Å². The van der Waals surface area contributed by atoms with Gasteiger partial charge in [-0.1, -0.05) is 48.0 Å². The molecule has 1 saturated heterocycles. The molecule has 1 fully saturated rings. The number of nitrogens with one attached hydrogen (secondary N) is 1. The number of amides is 1. The second-order valence-corrected chi connectivity index (χ2v) is 7.78. The molecule has 1 amide bonds. The third-order valence-corrected chi connectivity index (χ3v) is 5.43. The number of benzene rings is 2. The second kappa shape index (κ2) is 6.75. The average molecular weight is 344 g/mol. The molecular weight excluding hydrogens is 324 g/mol. The van der Waals surface area contributed by atoms with E-state index in [1.807, 2.05) is 37.3 Å². The Morgan fingerprint density at radius 1 is 1.08 bits per heavy atom. The minimum absolute atomic E-state index is 0.123. The van der Waals surface area contributed by atoms with Gasteiger partial charge in [0.15, 0.2) is 0 Å². The summed E-state index contributed by atoms with van der Waals surface area (Å²) >= 11 is 0. The normalized spacial score (nSPS) is 18.1. The van der Waals surface area contributed by atoms with E-state index in [-0.39, 0.29) is 11.7 Å². The van der Waals surface area contributed by atoms with Crippen LogP contribution in [0.25, 0.3) is 0 Å². The van der Waals surface area contributed by atoms with Gasteiger partial charge in [0, 0.05) is 12.2 Å². The van der Waals surface area contributed by atoms with Crippen LogP contribution < -0.4 is 9.62 Å². The zero-order valence-corrected chi connectivity index (χ0v) is 14.3. The van der Waals surface area contributed by atoms with E-state index in [9.17, 15) is 13.2 Å². The molecule has 1 heterocycles.